The lowest BCUT2D eigenvalue weighted by molar-refractivity contribution is -0.154. The third-order valence-corrected chi connectivity index (χ3v) is 9.99. The number of aliphatic hydroxyl groups excluding tert-OH is 2. The van der Waals surface area contributed by atoms with Gasteiger partial charge in [0.25, 0.3) is 0 Å². The first-order valence-electron chi connectivity index (χ1n) is 12.3. The summed E-state index contributed by atoms with van der Waals surface area (Å²) in [7, 11) is 0. The Kier molecular flexibility index (Phi) is 5.45. The Hall–Kier alpha value is -1.12. The topological polar surface area (TPSA) is 107 Å². The molecule has 7 nitrogen and oxygen atoms in total. The Morgan fingerprint density at radius 3 is 2.56 bits per heavy atom. The summed E-state index contributed by atoms with van der Waals surface area (Å²) in [4.78, 5) is 28.7. The van der Waals surface area contributed by atoms with Gasteiger partial charge >= 0.3 is 0 Å². The Balaban J connectivity index is 1.44. The molecule has 0 aromatic heterocycles. The molecule has 4 fully saturated rings. The summed E-state index contributed by atoms with van der Waals surface area (Å²) >= 11 is 0. The Morgan fingerprint density at radius 1 is 1.12 bits per heavy atom. The van der Waals surface area contributed by atoms with Gasteiger partial charge in [0.2, 0.25) is 0 Å². The van der Waals surface area contributed by atoms with Crippen molar-refractivity contribution in [1.29, 1.82) is 0 Å². The fourth-order valence-corrected chi connectivity index (χ4v) is 7.98. The van der Waals surface area contributed by atoms with E-state index in [1.165, 1.54) is 0 Å². The highest BCUT2D eigenvalue weighted by Crippen LogP contribution is 2.67. The second-order valence-corrected chi connectivity index (χ2v) is 11.5. The molecule has 8 unspecified atom stereocenters. The van der Waals surface area contributed by atoms with Gasteiger partial charge in [0.15, 0.2) is 11.6 Å². The molecule has 1 saturated heterocycles. The molecule has 7 heteroatoms. The average Bonchev–Trinajstić information content (AvgIpc) is 3.03. The number of carbonyl (C=O) groups excluding carboxylic acids is 2. The molecule has 3 N–H and O–H groups in total. The summed E-state index contributed by atoms with van der Waals surface area (Å²) in [5.41, 5.74) is -1.46. The summed E-state index contributed by atoms with van der Waals surface area (Å²) in [5, 5.41) is 32.7. The first-order chi connectivity index (χ1) is 15.1. The van der Waals surface area contributed by atoms with Crippen molar-refractivity contribution in [1.82, 2.24) is 4.90 Å². The van der Waals surface area contributed by atoms with Gasteiger partial charge in [0.1, 0.15) is 0 Å². The number of Topliss-reactive ketones (excluding diaryl/α,β-unsaturated/α-hetero) is 1. The number of carbonyl (C=O) groups is 2. The van der Waals surface area contributed by atoms with Gasteiger partial charge in [-0.15, -0.1) is 0 Å². The number of allylic oxidation sites excluding steroid dienone is 1. The normalized spacial score (nSPS) is 49.1. The van der Waals surface area contributed by atoms with E-state index < -0.39 is 28.6 Å². The number of fused-ring (bicyclic) bond motifs is 5. The van der Waals surface area contributed by atoms with Crippen molar-refractivity contribution in [2.75, 3.05) is 32.8 Å². The molecule has 0 spiro atoms. The molecule has 8 atom stereocenters. The highest BCUT2D eigenvalue weighted by Gasteiger charge is 2.67. The minimum atomic E-state index is -1.17. The summed E-state index contributed by atoms with van der Waals surface area (Å²) in [6.45, 7) is 7.29. The smallest absolute Gasteiger partial charge is 0.159 e. The molecule has 5 aliphatic rings. The van der Waals surface area contributed by atoms with Crippen molar-refractivity contribution in [2.24, 2.45) is 28.6 Å². The van der Waals surface area contributed by atoms with E-state index in [9.17, 15) is 24.9 Å². The maximum absolute atomic E-state index is 13.4. The van der Waals surface area contributed by atoms with Gasteiger partial charge in [0.05, 0.1) is 37.6 Å². The van der Waals surface area contributed by atoms with Gasteiger partial charge in [-0.05, 0) is 61.5 Å². The van der Waals surface area contributed by atoms with E-state index in [1.807, 2.05) is 13.8 Å². The van der Waals surface area contributed by atoms with Crippen LogP contribution in [-0.4, -0.2) is 82.4 Å². The van der Waals surface area contributed by atoms with Crippen molar-refractivity contribution in [3.63, 3.8) is 0 Å². The third kappa shape index (κ3) is 3.12. The van der Waals surface area contributed by atoms with Crippen LogP contribution in [0.5, 0.6) is 0 Å². The van der Waals surface area contributed by atoms with E-state index in [-0.39, 0.29) is 35.7 Å². The summed E-state index contributed by atoms with van der Waals surface area (Å²) in [6.07, 6.45) is 3.19. The molecule has 3 saturated carbocycles. The number of aliphatic hydroxyl groups is 3. The van der Waals surface area contributed by atoms with Crippen molar-refractivity contribution in [3.8, 4) is 0 Å². The molecule has 4 aliphatic carbocycles. The van der Waals surface area contributed by atoms with Crippen molar-refractivity contribution in [3.05, 3.63) is 11.6 Å². The monoisotopic (exact) mass is 447 g/mol. The zero-order chi connectivity index (χ0) is 22.9. The van der Waals surface area contributed by atoms with Crippen molar-refractivity contribution < 1.29 is 29.6 Å². The van der Waals surface area contributed by atoms with E-state index in [4.69, 9.17) is 4.74 Å². The number of rotatable bonds is 3. The highest BCUT2D eigenvalue weighted by atomic mass is 16.5. The van der Waals surface area contributed by atoms with Crippen molar-refractivity contribution in [2.45, 2.75) is 70.2 Å². The summed E-state index contributed by atoms with van der Waals surface area (Å²) < 4.78 is 5.40. The molecular formula is C25H37NO6. The number of hydrogen-bond acceptors (Lipinski definition) is 7. The number of ketones is 2. The average molecular weight is 448 g/mol. The molecule has 32 heavy (non-hydrogen) atoms. The van der Waals surface area contributed by atoms with Gasteiger partial charge in [-0.2, -0.15) is 0 Å². The zero-order valence-electron chi connectivity index (χ0n) is 19.3. The molecule has 5 rings (SSSR count). The lowest BCUT2D eigenvalue weighted by Gasteiger charge is -2.59. The standard InChI is InChI=1S/C25H37NO6/c1-23-13-21(29)20(28)12-18(23)19(27)11-17-15(23)3-5-24(2)16(4-6-25(17,24)31)22(30)14-26-7-9-32-10-8-26/h11,15-16,18,20-21,28-29,31H,3-10,12-14H2,1-2H3. The molecule has 0 bridgehead atoms. The van der Waals surface area contributed by atoms with Gasteiger partial charge < -0.3 is 20.1 Å². The molecule has 0 aromatic rings. The minimum Gasteiger partial charge on any atom is -0.390 e. The van der Waals surface area contributed by atoms with Gasteiger partial charge in [-0.25, -0.2) is 0 Å². The Bertz CT molecular complexity index is 836. The van der Waals surface area contributed by atoms with Crippen LogP contribution < -0.4 is 0 Å². The summed E-state index contributed by atoms with van der Waals surface area (Å²) in [6, 6.07) is 0. The first kappa shape index (κ1) is 22.7. The van der Waals surface area contributed by atoms with Gasteiger partial charge in [-0.3, -0.25) is 14.5 Å². The van der Waals surface area contributed by atoms with Crippen molar-refractivity contribution >= 4 is 11.6 Å². The van der Waals surface area contributed by atoms with Crippen LogP contribution in [0.25, 0.3) is 0 Å². The van der Waals surface area contributed by atoms with E-state index in [0.717, 1.165) is 31.5 Å². The number of hydrogen-bond donors (Lipinski definition) is 3. The molecule has 0 aromatic carbocycles. The van der Waals surface area contributed by atoms with Crippen LogP contribution >= 0.6 is 0 Å². The SMILES string of the molecule is CC12CC(O)C(O)CC1C(=O)C=C1C2CCC2(C)C(C(=O)CN3CCOCC3)CCC12O. The van der Waals surface area contributed by atoms with Crippen LogP contribution in [0.4, 0.5) is 0 Å². The summed E-state index contributed by atoms with van der Waals surface area (Å²) in [5.74, 6) is -0.435. The van der Waals surface area contributed by atoms with E-state index in [2.05, 4.69) is 4.90 Å². The molecule has 1 aliphatic heterocycles. The maximum atomic E-state index is 13.4. The largest absolute Gasteiger partial charge is 0.390 e. The van der Waals surface area contributed by atoms with E-state index >= 15 is 0 Å². The highest BCUT2D eigenvalue weighted by molar-refractivity contribution is 5.95. The molecule has 0 radical (unpaired) electrons. The fraction of sp³-hybridized carbons (Fsp3) is 0.840. The van der Waals surface area contributed by atoms with E-state index in [0.29, 0.717) is 39.0 Å². The third-order valence-electron chi connectivity index (χ3n) is 9.99. The predicted octanol–water partition coefficient (Wildman–Crippen LogP) is 1.09. The Morgan fingerprint density at radius 2 is 1.84 bits per heavy atom. The lowest BCUT2D eigenvalue weighted by Crippen LogP contribution is -2.61. The van der Waals surface area contributed by atoms with Crippen LogP contribution in [0, 0.1) is 28.6 Å². The van der Waals surface area contributed by atoms with Crippen LogP contribution in [-0.2, 0) is 14.3 Å². The molecule has 1 heterocycles. The fourth-order valence-electron chi connectivity index (χ4n) is 7.98. The molecule has 0 amide bonds. The molecular weight excluding hydrogens is 410 g/mol. The number of morpholine rings is 1. The van der Waals surface area contributed by atoms with Crippen LogP contribution in [0.15, 0.2) is 11.6 Å². The molecule has 178 valence electrons. The quantitative estimate of drug-likeness (QED) is 0.595. The Labute approximate surface area is 189 Å². The van der Waals surface area contributed by atoms with Gasteiger partial charge in [-0.1, -0.05) is 13.8 Å². The first-order valence-corrected chi connectivity index (χ1v) is 12.3. The number of ether oxygens (including phenoxy) is 1. The second-order valence-electron chi connectivity index (χ2n) is 11.5. The van der Waals surface area contributed by atoms with Crippen LogP contribution in [0.2, 0.25) is 0 Å². The minimum absolute atomic E-state index is 0.0153. The van der Waals surface area contributed by atoms with Crippen LogP contribution in [0.1, 0.15) is 52.4 Å². The predicted molar refractivity (Wildman–Crippen MR) is 117 cm³/mol. The number of nitrogens with zero attached hydrogens (tertiary/aromatic N) is 1. The van der Waals surface area contributed by atoms with Crippen LogP contribution in [0.3, 0.4) is 0 Å². The van der Waals surface area contributed by atoms with Gasteiger partial charge in [0, 0.05) is 30.3 Å². The maximum Gasteiger partial charge on any atom is 0.159 e. The zero-order valence-corrected chi connectivity index (χ0v) is 19.3. The lowest BCUT2D eigenvalue weighted by atomic mass is 9.46. The van der Waals surface area contributed by atoms with E-state index in [1.54, 1.807) is 6.08 Å². The second kappa shape index (κ2) is 7.70.